The van der Waals surface area contributed by atoms with Crippen LogP contribution in [0.2, 0.25) is 0 Å². The molecule has 0 aliphatic carbocycles. The van der Waals surface area contributed by atoms with E-state index < -0.39 is 23.4 Å². The summed E-state index contributed by atoms with van der Waals surface area (Å²) in [5.74, 6) is 0.440. The number of esters is 1. The van der Waals surface area contributed by atoms with Crippen LogP contribution >= 0.6 is 0 Å². The van der Waals surface area contributed by atoms with E-state index >= 15 is 0 Å². The molecule has 0 bridgehead atoms. The molecular weight excluding hydrogens is 680 g/mol. The first-order chi connectivity index (χ1) is 24.5. The Hall–Kier alpha value is -2.65. The molecule has 1 spiro atoms. The minimum absolute atomic E-state index is 0.161. The Morgan fingerprint density at radius 3 is 1.28 bits per heavy atom. The van der Waals surface area contributed by atoms with E-state index in [4.69, 9.17) is 23.7 Å². The number of benzene rings is 2. The second kappa shape index (κ2) is 15.4. The Morgan fingerprint density at radius 1 is 0.593 bits per heavy atom. The van der Waals surface area contributed by atoms with Gasteiger partial charge in [-0.25, -0.2) is 0 Å². The quantitative estimate of drug-likeness (QED) is 0.244. The highest BCUT2D eigenvalue weighted by Gasteiger charge is 2.48. The molecule has 0 aromatic heterocycles. The zero-order valence-electron chi connectivity index (χ0n) is 36.5. The van der Waals surface area contributed by atoms with Gasteiger partial charge in [0.2, 0.25) is 0 Å². The molecular formula is C46H72O8. The van der Waals surface area contributed by atoms with E-state index in [1.165, 1.54) is 0 Å². The van der Waals surface area contributed by atoms with E-state index in [9.17, 15) is 15.0 Å². The maximum Gasteiger partial charge on any atom is 0.306 e. The SMILES string of the molecule is CC(C)(C)c1cc(CCC(=O)OCC(C)(C)C2OCC3(CO2)COC(C(C)(C)Cc2cc(C(C)(C)C)c(O)c(C(C)(C)C)c2)OC3)cc(C(C)(C)C)c1O. The van der Waals surface area contributed by atoms with Gasteiger partial charge in [0.25, 0.3) is 0 Å². The van der Waals surface area contributed by atoms with E-state index in [0.29, 0.717) is 44.3 Å². The van der Waals surface area contributed by atoms with Gasteiger partial charge in [0.1, 0.15) is 18.1 Å². The van der Waals surface area contributed by atoms with Gasteiger partial charge >= 0.3 is 5.97 Å². The van der Waals surface area contributed by atoms with E-state index in [1.54, 1.807) is 0 Å². The highest BCUT2D eigenvalue weighted by atomic mass is 16.7. The smallest absolute Gasteiger partial charge is 0.306 e. The molecule has 2 aromatic rings. The fraction of sp³-hybridized carbons (Fsp3) is 0.717. The number of aryl methyl sites for hydroxylation is 1. The molecule has 2 aliphatic heterocycles. The van der Waals surface area contributed by atoms with Crippen LogP contribution in [0.5, 0.6) is 11.5 Å². The van der Waals surface area contributed by atoms with E-state index in [-0.39, 0.29) is 46.1 Å². The Balaban J connectivity index is 1.31. The Labute approximate surface area is 326 Å². The summed E-state index contributed by atoms with van der Waals surface area (Å²) >= 11 is 0. The fourth-order valence-electron chi connectivity index (χ4n) is 7.44. The number of hydrogen-bond donors (Lipinski definition) is 2. The van der Waals surface area contributed by atoms with Gasteiger partial charge in [-0.05, 0) is 67.9 Å². The first kappa shape index (κ1) is 44.1. The van der Waals surface area contributed by atoms with Gasteiger partial charge in [0.05, 0.1) is 31.8 Å². The van der Waals surface area contributed by atoms with E-state index in [2.05, 4.69) is 109 Å². The molecule has 2 N–H and O–H groups in total. The summed E-state index contributed by atoms with van der Waals surface area (Å²) in [6, 6.07) is 8.31. The van der Waals surface area contributed by atoms with Crippen LogP contribution in [0.3, 0.4) is 0 Å². The summed E-state index contributed by atoms with van der Waals surface area (Å²) in [5.41, 5.74) is 3.63. The highest BCUT2D eigenvalue weighted by Crippen LogP contribution is 2.44. The molecule has 8 nitrogen and oxygen atoms in total. The molecule has 2 aromatic carbocycles. The maximum atomic E-state index is 13.0. The van der Waals surface area contributed by atoms with Gasteiger partial charge in [0.15, 0.2) is 12.6 Å². The first-order valence-corrected chi connectivity index (χ1v) is 19.8. The molecule has 0 saturated carbocycles. The fourth-order valence-corrected chi connectivity index (χ4v) is 7.44. The number of phenols is 2. The van der Waals surface area contributed by atoms with Crippen molar-refractivity contribution < 1.29 is 38.7 Å². The van der Waals surface area contributed by atoms with E-state index in [1.807, 2.05) is 26.0 Å². The number of carbonyl (C=O) groups is 1. The Kier molecular flexibility index (Phi) is 12.5. The predicted octanol–water partition coefficient (Wildman–Crippen LogP) is 9.79. The Bertz CT molecular complexity index is 1550. The molecule has 0 atom stereocenters. The predicted molar refractivity (Wildman–Crippen MR) is 215 cm³/mol. The van der Waals surface area contributed by atoms with Crippen molar-refractivity contribution in [2.24, 2.45) is 16.2 Å². The number of rotatable bonds is 9. The molecule has 2 fully saturated rings. The van der Waals surface area contributed by atoms with Crippen molar-refractivity contribution in [2.75, 3.05) is 33.0 Å². The molecule has 54 heavy (non-hydrogen) atoms. The zero-order chi connectivity index (χ0) is 40.9. The minimum atomic E-state index is -0.572. The topological polar surface area (TPSA) is 104 Å². The lowest BCUT2D eigenvalue weighted by atomic mass is 9.76. The maximum absolute atomic E-state index is 13.0. The number of aromatic hydroxyl groups is 2. The summed E-state index contributed by atoms with van der Waals surface area (Å²) < 4.78 is 31.2. The van der Waals surface area contributed by atoms with Gasteiger partial charge in [-0.1, -0.05) is 135 Å². The van der Waals surface area contributed by atoms with Crippen molar-refractivity contribution in [2.45, 2.75) is 164 Å². The first-order valence-electron chi connectivity index (χ1n) is 19.8. The summed E-state index contributed by atoms with van der Waals surface area (Å²) in [6.45, 7) is 35.5. The van der Waals surface area contributed by atoms with Crippen LogP contribution in [0, 0.1) is 16.2 Å². The van der Waals surface area contributed by atoms with Crippen molar-refractivity contribution in [1.82, 2.24) is 0 Å². The number of phenolic OH excluding ortho intramolecular Hbond substituents is 2. The minimum Gasteiger partial charge on any atom is -0.507 e. The van der Waals surface area contributed by atoms with Gasteiger partial charge in [-0.15, -0.1) is 0 Å². The summed E-state index contributed by atoms with van der Waals surface area (Å²) in [6.07, 6.45) is 0.521. The third kappa shape index (κ3) is 10.4. The number of hydrogen-bond acceptors (Lipinski definition) is 8. The molecule has 0 unspecified atom stereocenters. The summed E-state index contributed by atoms with van der Waals surface area (Å²) in [5, 5.41) is 22.3. The lowest BCUT2D eigenvalue weighted by Crippen LogP contribution is -2.56. The van der Waals surface area contributed by atoms with Crippen LogP contribution in [-0.4, -0.2) is 61.8 Å². The average Bonchev–Trinajstić information content (AvgIpc) is 3.02. The molecule has 2 aliphatic rings. The largest absolute Gasteiger partial charge is 0.507 e. The van der Waals surface area contributed by atoms with Crippen LogP contribution in [0.4, 0.5) is 0 Å². The lowest BCUT2D eigenvalue weighted by molar-refractivity contribution is -0.335. The second-order valence-corrected chi connectivity index (χ2v) is 21.8. The lowest BCUT2D eigenvalue weighted by Gasteiger charge is -2.48. The molecule has 0 amide bonds. The van der Waals surface area contributed by atoms with E-state index in [0.717, 1.165) is 39.8 Å². The second-order valence-electron chi connectivity index (χ2n) is 21.8. The van der Waals surface area contributed by atoms with Gasteiger partial charge < -0.3 is 33.9 Å². The highest BCUT2D eigenvalue weighted by molar-refractivity contribution is 5.70. The Morgan fingerprint density at radius 2 is 0.926 bits per heavy atom. The third-order valence-corrected chi connectivity index (χ3v) is 10.9. The van der Waals surface area contributed by atoms with Gasteiger partial charge in [-0.2, -0.15) is 0 Å². The van der Waals surface area contributed by atoms with Crippen molar-refractivity contribution in [1.29, 1.82) is 0 Å². The van der Waals surface area contributed by atoms with Gasteiger partial charge in [0, 0.05) is 17.3 Å². The molecule has 0 radical (unpaired) electrons. The molecule has 2 heterocycles. The van der Waals surface area contributed by atoms with Gasteiger partial charge in [-0.3, -0.25) is 4.79 Å². The summed E-state index contributed by atoms with van der Waals surface area (Å²) in [4.78, 5) is 13.0. The molecule has 4 rings (SSSR count). The van der Waals surface area contributed by atoms with Crippen LogP contribution < -0.4 is 0 Å². The third-order valence-electron chi connectivity index (χ3n) is 10.9. The number of carbonyl (C=O) groups excluding carboxylic acids is 1. The zero-order valence-corrected chi connectivity index (χ0v) is 36.5. The summed E-state index contributed by atoms with van der Waals surface area (Å²) in [7, 11) is 0. The monoisotopic (exact) mass is 753 g/mol. The van der Waals surface area contributed by atoms with Crippen LogP contribution in [0.1, 0.15) is 151 Å². The van der Waals surface area contributed by atoms with Crippen LogP contribution in [0.25, 0.3) is 0 Å². The standard InChI is InChI=1S/C46H72O8/c1-40(2,3)31-19-29(20-32(36(31)48)41(4,5)6)17-18-35(47)50-24-45(15,16)39-53-27-46(28-54-39)25-51-38(52-26-46)44(13,14)23-30-21-33(42(7,8)9)37(49)34(22-30)43(10,11)12/h19-22,38-39,48-49H,17-18,23-28H2,1-16H3. The normalized spacial score (nSPS) is 22.1. The number of ether oxygens (including phenoxy) is 5. The average molecular weight is 753 g/mol. The van der Waals surface area contributed by atoms with Crippen molar-refractivity contribution in [3.8, 4) is 11.5 Å². The van der Waals surface area contributed by atoms with Crippen molar-refractivity contribution in [3.05, 3.63) is 57.6 Å². The molecule has 8 heteroatoms. The van der Waals surface area contributed by atoms with Crippen molar-refractivity contribution in [3.63, 3.8) is 0 Å². The van der Waals surface area contributed by atoms with Crippen LogP contribution in [-0.2, 0) is 63.0 Å². The molecule has 304 valence electrons. The van der Waals surface area contributed by atoms with Crippen molar-refractivity contribution >= 4 is 5.97 Å². The molecule has 2 saturated heterocycles. The van der Waals surface area contributed by atoms with Crippen LogP contribution in [0.15, 0.2) is 24.3 Å².